The molecule has 0 saturated carbocycles. The van der Waals surface area contributed by atoms with Gasteiger partial charge in [-0.25, -0.2) is 0 Å². The first kappa shape index (κ1) is 27.7. The number of aliphatic hydroxyl groups excluding tert-OH is 1. The second-order valence-corrected chi connectivity index (χ2v) is 12.3. The van der Waals surface area contributed by atoms with Crippen molar-refractivity contribution in [3.05, 3.63) is 55.1 Å². The molecule has 39 heavy (non-hydrogen) atoms. The van der Waals surface area contributed by atoms with Gasteiger partial charge in [0, 0.05) is 30.6 Å². The fourth-order valence-electron chi connectivity index (χ4n) is 6.87. The van der Waals surface area contributed by atoms with Crippen LogP contribution in [0.1, 0.15) is 45.4 Å². The normalized spacial score (nSPS) is 27.1. The van der Waals surface area contributed by atoms with Crippen molar-refractivity contribution in [2.75, 3.05) is 31.2 Å². The molecule has 0 aromatic heterocycles. The zero-order valence-electron chi connectivity index (χ0n) is 22.6. The molecule has 3 fully saturated rings. The summed E-state index contributed by atoms with van der Waals surface area (Å²) in [4.78, 5) is 45.3. The van der Waals surface area contributed by atoms with E-state index < -0.39 is 22.6 Å². The summed E-state index contributed by atoms with van der Waals surface area (Å²) < 4.78 is 4.79. The summed E-state index contributed by atoms with van der Waals surface area (Å²) in [6, 6.07) is 13.4. The number of hydrogen-bond donors (Lipinski definition) is 1. The third-order valence-corrected chi connectivity index (χ3v) is 10.5. The molecule has 5 atom stereocenters. The van der Waals surface area contributed by atoms with E-state index in [0.717, 1.165) is 55.0 Å². The summed E-state index contributed by atoms with van der Waals surface area (Å²) in [5.74, 6) is -1.59. The maximum Gasteiger partial charge on any atom is 0.310 e. The number of anilines is 1. The Morgan fingerprint density at radius 3 is 2.69 bits per heavy atom. The van der Waals surface area contributed by atoms with Crippen LogP contribution in [0.15, 0.2) is 55.1 Å². The van der Waals surface area contributed by atoms with Gasteiger partial charge in [-0.15, -0.1) is 18.3 Å². The van der Waals surface area contributed by atoms with Gasteiger partial charge in [0.2, 0.25) is 5.91 Å². The van der Waals surface area contributed by atoms with Gasteiger partial charge in [0.1, 0.15) is 6.04 Å². The lowest BCUT2D eigenvalue weighted by molar-refractivity contribution is -0.153. The monoisotopic (exact) mass is 550 g/mol. The fraction of sp³-hybridized carbons (Fsp3) is 0.516. The Balaban J connectivity index is 1.51. The summed E-state index contributed by atoms with van der Waals surface area (Å²) in [7, 11) is 0. The predicted molar refractivity (Wildman–Crippen MR) is 155 cm³/mol. The molecule has 1 spiro atoms. The Bertz CT molecular complexity index is 1250. The van der Waals surface area contributed by atoms with Gasteiger partial charge in [-0.05, 0) is 55.5 Å². The maximum absolute atomic E-state index is 14.6. The van der Waals surface area contributed by atoms with E-state index >= 15 is 0 Å². The summed E-state index contributed by atoms with van der Waals surface area (Å²) in [5.41, 5.74) is 0.772. The second kappa shape index (κ2) is 11.7. The first-order valence-electron chi connectivity index (χ1n) is 14.1. The first-order valence-corrected chi connectivity index (χ1v) is 15.0. The lowest BCUT2D eigenvalue weighted by Gasteiger charge is -2.37. The van der Waals surface area contributed by atoms with Gasteiger partial charge in [-0.1, -0.05) is 49.2 Å². The van der Waals surface area contributed by atoms with E-state index in [0.29, 0.717) is 13.1 Å². The largest absolute Gasteiger partial charge is 0.466 e. The molecular formula is C31H38N2O5S. The molecule has 3 heterocycles. The minimum absolute atomic E-state index is 0.00599. The predicted octanol–water partition coefficient (Wildman–Crippen LogP) is 4.57. The molecule has 0 aliphatic carbocycles. The van der Waals surface area contributed by atoms with Crippen LogP contribution in [0.3, 0.4) is 0 Å². The average molecular weight is 551 g/mol. The Hall–Kier alpha value is -2.84. The zero-order valence-corrected chi connectivity index (χ0v) is 23.4. The van der Waals surface area contributed by atoms with Crippen molar-refractivity contribution in [3.63, 3.8) is 0 Å². The minimum Gasteiger partial charge on any atom is -0.466 e. The highest BCUT2D eigenvalue weighted by Crippen LogP contribution is 2.66. The van der Waals surface area contributed by atoms with E-state index in [1.807, 2.05) is 42.5 Å². The lowest BCUT2D eigenvalue weighted by Crippen LogP contribution is -2.55. The summed E-state index contributed by atoms with van der Waals surface area (Å²) in [6.45, 7) is 6.90. The number of ether oxygens (including phenoxy) is 1. The summed E-state index contributed by atoms with van der Waals surface area (Å²) in [6.07, 6.45) is 6.44. The number of carbonyl (C=O) groups excluding carboxylic acids is 3. The topological polar surface area (TPSA) is 87.2 Å². The molecule has 2 amide bonds. The van der Waals surface area contributed by atoms with Crippen LogP contribution in [0.4, 0.5) is 5.69 Å². The van der Waals surface area contributed by atoms with Crippen molar-refractivity contribution in [2.24, 2.45) is 11.8 Å². The molecular weight excluding hydrogens is 512 g/mol. The quantitative estimate of drug-likeness (QED) is 0.237. The fourth-order valence-corrected chi connectivity index (χ4v) is 9.07. The molecule has 5 rings (SSSR count). The van der Waals surface area contributed by atoms with Gasteiger partial charge < -0.3 is 19.6 Å². The molecule has 8 heteroatoms. The van der Waals surface area contributed by atoms with E-state index in [1.165, 1.54) is 0 Å². The number of fused-ring (bicyclic) bond motifs is 2. The number of benzene rings is 2. The highest BCUT2D eigenvalue weighted by Gasteiger charge is 2.74. The van der Waals surface area contributed by atoms with Crippen LogP contribution in [0.5, 0.6) is 0 Å². The number of likely N-dealkylation sites (tertiary alicyclic amines) is 1. The van der Waals surface area contributed by atoms with E-state index in [2.05, 4.69) is 6.58 Å². The molecule has 0 radical (unpaired) electrons. The van der Waals surface area contributed by atoms with Gasteiger partial charge in [-0.3, -0.25) is 14.4 Å². The number of thioether (sulfide) groups is 1. The van der Waals surface area contributed by atoms with Crippen molar-refractivity contribution in [2.45, 2.75) is 61.5 Å². The second-order valence-electron chi connectivity index (χ2n) is 10.7. The Kier molecular flexibility index (Phi) is 8.33. The SMILES string of the molecule is C=CCN(C(=O)C1N(CCCCCCO)C(=O)[C@@H]2[C@@H](C(=O)OCC)[C@H]3CCC12S3)c1ccc2ccccc2c1. The number of rotatable bonds is 12. The zero-order chi connectivity index (χ0) is 27.6. The molecule has 7 nitrogen and oxygen atoms in total. The van der Waals surface area contributed by atoms with E-state index in [4.69, 9.17) is 9.84 Å². The summed E-state index contributed by atoms with van der Waals surface area (Å²) in [5, 5.41) is 11.3. The highest BCUT2D eigenvalue weighted by molar-refractivity contribution is 8.02. The van der Waals surface area contributed by atoms with Crippen LogP contribution >= 0.6 is 11.8 Å². The third kappa shape index (κ3) is 4.86. The van der Waals surface area contributed by atoms with Gasteiger partial charge in [-0.2, -0.15) is 0 Å². The highest BCUT2D eigenvalue weighted by atomic mass is 32.2. The molecule has 2 aromatic rings. The van der Waals surface area contributed by atoms with Gasteiger partial charge in [0.15, 0.2) is 0 Å². The number of hydrogen-bond acceptors (Lipinski definition) is 6. The van der Waals surface area contributed by atoms with Crippen LogP contribution in [-0.4, -0.2) is 70.1 Å². The molecule has 1 N–H and O–H groups in total. The van der Waals surface area contributed by atoms with Crippen LogP contribution < -0.4 is 4.90 Å². The smallest absolute Gasteiger partial charge is 0.310 e. The van der Waals surface area contributed by atoms with Gasteiger partial charge >= 0.3 is 5.97 Å². The molecule has 2 bridgehead atoms. The molecule has 3 saturated heterocycles. The average Bonchev–Trinajstić information content (AvgIpc) is 3.58. The Labute approximate surface area is 234 Å². The van der Waals surface area contributed by atoms with Crippen LogP contribution in [0.2, 0.25) is 0 Å². The summed E-state index contributed by atoms with van der Waals surface area (Å²) >= 11 is 1.67. The maximum atomic E-state index is 14.6. The van der Waals surface area contributed by atoms with Crippen molar-refractivity contribution in [1.82, 2.24) is 4.90 Å². The van der Waals surface area contributed by atoms with Crippen LogP contribution in [0, 0.1) is 11.8 Å². The van der Waals surface area contributed by atoms with Gasteiger partial charge in [0.05, 0.1) is 23.2 Å². The van der Waals surface area contributed by atoms with Gasteiger partial charge in [0.25, 0.3) is 5.91 Å². The molecule has 2 aromatic carbocycles. The molecule has 3 aliphatic heterocycles. The molecule has 208 valence electrons. The number of unbranched alkanes of at least 4 members (excludes halogenated alkanes) is 3. The third-order valence-electron chi connectivity index (χ3n) is 8.52. The van der Waals surface area contributed by atoms with E-state index in [-0.39, 0.29) is 36.2 Å². The number of nitrogens with zero attached hydrogens (tertiary/aromatic N) is 2. The number of amides is 2. The standard InChI is InChI=1S/C31H38N2O5S/c1-3-17-32(23-14-13-21-11-7-8-12-22(21)20-23)29(36)27-31-16-15-24(39-31)25(30(37)38-4-2)26(31)28(35)33(27)18-9-5-6-10-19-34/h3,7-8,11-14,20,24-27,34H,1,4-6,9-10,15-19H2,2H3/t24-,25+,26+,27?,31?/m1/s1. The number of carbonyl (C=O) groups is 3. The van der Waals surface area contributed by atoms with E-state index in [9.17, 15) is 14.4 Å². The van der Waals surface area contributed by atoms with Crippen molar-refractivity contribution < 1.29 is 24.2 Å². The number of esters is 1. The van der Waals surface area contributed by atoms with E-state index in [1.54, 1.807) is 34.6 Å². The van der Waals surface area contributed by atoms with Crippen LogP contribution in [-0.2, 0) is 19.1 Å². The first-order chi connectivity index (χ1) is 19.0. The Morgan fingerprint density at radius 1 is 1.18 bits per heavy atom. The lowest BCUT2D eigenvalue weighted by atomic mass is 9.71. The molecule has 2 unspecified atom stereocenters. The Morgan fingerprint density at radius 2 is 1.95 bits per heavy atom. The minimum atomic E-state index is -0.659. The number of aliphatic hydroxyl groups is 1. The van der Waals surface area contributed by atoms with Crippen molar-refractivity contribution >= 4 is 46.0 Å². The molecule has 3 aliphatic rings. The van der Waals surface area contributed by atoms with Crippen LogP contribution in [0.25, 0.3) is 10.8 Å². The van der Waals surface area contributed by atoms with Crippen molar-refractivity contribution in [3.8, 4) is 0 Å². The van der Waals surface area contributed by atoms with Crippen molar-refractivity contribution in [1.29, 1.82) is 0 Å².